The number of Topliss-reactive ketones (excluding diaryl/α,β-unsaturated/α-hetero) is 1. The SMILES string of the molecule is O=C(c1ccc(F)cc1)C(I)c1cccc(F)n1. The second kappa shape index (κ2) is 5.51. The molecule has 2 rings (SSSR count). The number of ketones is 1. The zero-order valence-corrected chi connectivity index (χ0v) is 11.3. The van der Waals surface area contributed by atoms with Gasteiger partial charge in [-0.2, -0.15) is 4.39 Å². The van der Waals surface area contributed by atoms with Gasteiger partial charge in [-0.1, -0.05) is 28.7 Å². The highest BCUT2D eigenvalue weighted by molar-refractivity contribution is 14.1. The van der Waals surface area contributed by atoms with E-state index in [-0.39, 0.29) is 5.78 Å². The standard InChI is InChI=1S/C13H8F2INO/c14-9-6-4-8(5-7-9)13(18)12(16)10-2-1-3-11(15)17-10/h1-7,12H. The molecule has 0 aliphatic rings. The number of hydrogen-bond acceptors (Lipinski definition) is 2. The van der Waals surface area contributed by atoms with Gasteiger partial charge in [0.1, 0.15) is 9.74 Å². The van der Waals surface area contributed by atoms with E-state index in [1.807, 2.05) is 22.6 Å². The van der Waals surface area contributed by atoms with Gasteiger partial charge in [-0.3, -0.25) is 4.79 Å². The molecule has 92 valence electrons. The fourth-order valence-corrected chi connectivity index (χ4v) is 2.17. The average Bonchev–Trinajstić information content (AvgIpc) is 2.38. The fourth-order valence-electron chi connectivity index (χ4n) is 1.46. The summed E-state index contributed by atoms with van der Waals surface area (Å²) in [5.41, 5.74) is 0.729. The minimum Gasteiger partial charge on any atom is -0.293 e. The summed E-state index contributed by atoms with van der Waals surface area (Å²) in [4.78, 5) is 15.7. The molecule has 0 saturated carbocycles. The van der Waals surface area contributed by atoms with Gasteiger partial charge in [-0.05, 0) is 36.4 Å². The number of pyridine rings is 1. The molecule has 2 nitrogen and oxygen atoms in total. The van der Waals surface area contributed by atoms with Crippen LogP contribution in [0.4, 0.5) is 8.78 Å². The Morgan fingerprint density at radius 2 is 1.78 bits per heavy atom. The predicted octanol–water partition coefficient (Wildman–Crippen LogP) is 3.72. The molecular weight excluding hydrogens is 351 g/mol. The van der Waals surface area contributed by atoms with E-state index in [2.05, 4.69) is 4.98 Å². The maximum absolute atomic E-state index is 13.0. The Balaban J connectivity index is 2.26. The van der Waals surface area contributed by atoms with E-state index in [4.69, 9.17) is 0 Å². The van der Waals surface area contributed by atoms with Gasteiger partial charge in [0.25, 0.3) is 0 Å². The predicted molar refractivity (Wildman–Crippen MR) is 71.7 cm³/mol. The van der Waals surface area contributed by atoms with Crippen molar-refractivity contribution >= 4 is 28.4 Å². The first-order chi connectivity index (χ1) is 8.58. The quantitative estimate of drug-likeness (QED) is 0.362. The zero-order chi connectivity index (χ0) is 13.1. The first-order valence-electron chi connectivity index (χ1n) is 5.14. The Bertz CT molecular complexity index is 571. The third kappa shape index (κ3) is 2.90. The number of halogens is 3. The van der Waals surface area contributed by atoms with Gasteiger partial charge < -0.3 is 0 Å². The van der Waals surface area contributed by atoms with Gasteiger partial charge in [-0.15, -0.1) is 0 Å². The summed E-state index contributed by atoms with van der Waals surface area (Å²) in [5, 5.41) is 0. The molecule has 0 fully saturated rings. The number of alkyl halides is 1. The molecule has 0 aliphatic carbocycles. The van der Waals surface area contributed by atoms with E-state index in [1.54, 1.807) is 6.07 Å². The van der Waals surface area contributed by atoms with Crippen molar-refractivity contribution in [1.82, 2.24) is 4.98 Å². The van der Waals surface area contributed by atoms with E-state index in [9.17, 15) is 13.6 Å². The van der Waals surface area contributed by atoms with Gasteiger partial charge in [0.05, 0.1) is 5.69 Å². The van der Waals surface area contributed by atoms with E-state index >= 15 is 0 Å². The summed E-state index contributed by atoms with van der Waals surface area (Å²) in [7, 11) is 0. The number of carbonyl (C=O) groups is 1. The molecule has 2 aromatic rings. The number of rotatable bonds is 3. The molecular formula is C13H8F2INO. The molecule has 0 aliphatic heterocycles. The third-order valence-electron chi connectivity index (χ3n) is 2.36. The molecule has 0 amide bonds. The van der Waals surface area contributed by atoms with Crippen LogP contribution in [0.15, 0.2) is 42.5 Å². The highest BCUT2D eigenvalue weighted by atomic mass is 127. The van der Waals surface area contributed by atoms with Crippen LogP contribution < -0.4 is 0 Å². The number of carbonyl (C=O) groups excluding carboxylic acids is 1. The van der Waals surface area contributed by atoms with Crippen molar-refractivity contribution in [2.75, 3.05) is 0 Å². The number of aromatic nitrogens is 1. The van der Waals surface area contributed by atoms with Gasteiger partial charge >= 0.3 is 0 Å². The van der Waals surface area contributed by atoms with Crippen LogP contribution in [0, 0.1) is 11.8 Å². The second-order valence-corrected chi connectivity index (χ2v) is 4.86. The second-order valence-electron chi connectivity index (χ2n) is 3.62. The molecule has 1 aromatic carbocycles. The Kier molecular flexibility index (Phi) is 4.00. The third-order valence-corrected chi connectivity index (χ3v) is 3.56. The minimum atomic E-state index is -0.624. The summed E-state index contributed by atoms with van der Waals surface area (Å²) in [6.07, 6.45) is 0. The zero-order valence-electron chi connectivity index (χ0n) is 9.11. The average molecular weight is 359 g/mol. The van der Waals surface area contributed by atoms with Gasteiger partial charge in [0.2, 0.25) is 5.95 Å². The van der Waals surface area contributed by atoms with Crippen LogP contribution in [-0.4, -0.2) is 10.8 Å². The summed E-state index contributed by atoms with van der Waals surface area (Å²) >= 11 is 1.89. The minimum absolute atomic E-state index is 0.228. The number of nitrogens with zero attached hydrogens (tertiary/aromatic N) is 1. The molecule has 0 bridgehead atoms. The largest absolute Gasteiger partial charge is 0.293 e. The van der Waals surface area contributed by atoms with E-state index in [1.165, 1.54) is 36.4 Å². The summed E-state index contributed by atoms with van der Waals surface area (Å²) in [6.45, 7) is 0. The van der Waals surface area contributed by atoms with Crippen molar-refractivity contribution < 1.29 is 13.6 Å². The van der Waals surface area contributed by atoms with Crippen LogP contribution in [0.25, 0.3) is 0 Å². The molecule has 0 saturated heterocycles. The fraction of sp³-hybridized carbons (Fsp3) is 0.0769. The smallest absolute Gasteiger partial charge is 0.213 e. The van der Waals surface area contributed by atoms with Crippen LogP contribution >= 0.6 is 22.6 Å². The molecule has 0 N–H and O–H groups in total. The van der Waals surface area contributed by atoms with Crippen molar-refractivity contribution in [3.8, 4) is 0 Å². The highest BCUT2D eigenvalue weighted by Crippen LogP contribution is 2.26. The molecule has 0 spiro atoms. The summed E-state index contributed by atoms with van der Waals surface area (Å²) in [5.74, 6) is -1.25. The summed E-state index contributed by atoms with van der Waals surface area (Å²) < 4.78 is 25.1. The molecule has 1 unspecified atom stereocenters. The van der Waals surface area contributed by atoms with Crippen molar-refractivity contribution in [2.45, 2.75) is 3.92 Å². The van der Waals surface area contributed by atoms with E-state index in [0.717, 1.165) is 0 Å². The van der Waals surface area contributed by atoms with E-state index < -0.39 is 15.7 Å². The Labute approximate surface area is 116 Å². The monoisotopic (exact) mass is 359 g/mol. The Morgan fingerprint density at radius 1 is 1.11 bits per heavy atom. The molecule has 0 radical (unpaired) electrons. The lowest BCUT2D eigenvalue weighted by Gasteiger charge is -2.08. The maximum atomic E-state index is 13.0. The van der Waals surface area contributed by atoms with Crippen molar-refractivity contribution in [1.29, 1.82) is 0 Å². The van der Waals surface area contributed by atoms with Crippen LogP contribution in [-0.2, 0) is 0 Å². The number of benzene rings is 1. The van der Waals surface area contributed by atoms with Crippen molar-refractivity contribution in [3.63, 3.8) is 0 Å². The molecule has 18 heavy (non-hydrogen) atoms. The first kappa shape index (κ1) is 13.1. The van der Waals surface area contributed by atoms with Crippen LogP contribution in [0.3, 0.4) is 0 Å². The van der Waals surface area contributed by atoms with Crippen LogP contribution in [0.1, 0.15) is 20.0 Å². The van der Waals surface area contributed by atoms with Gasteiger partial charge in [0.15, 0.2) is 5.78 Å². The first-order valence-corrected chi connectivity index (χ1v) is 6.39. The number of hydrogen-bond donors (Lipinski definition) is 0. The molecule has 1 heterocycles. The van der Waals surface area contributed by atoms with Crippen molar-refractivity contribution in [2.24, 2.45) is 0 Å². The highest BCUT2D eigenvalue weighted by Gasteiger charge is 2.20. The van der Waals surface area contributed by atoms with Gasteiger partial charge in [-0.25, -0.2) is 9.37 Å². The lowest BCUT2D eigenvalue weighted by molar-refractivity contribution is 0.0993. The lowest BCUT2D eigenvalue weighted by atomic mass is 10.1. The van der Waals surface area contributed by atoms with Crippen LogP contribution in [0.2, 0.25) is 0 Å². The van der Waals surface area contributed by atoms with Gasteiger partial charge in [0, 0.05) is 5.56 Å². The lowest BCUT2D eigenvalue weighted by Crippen LogP contribution is -2.09. The molecule has 1 atom stereocenters. The Hall–Kier alpha value is -1.37. The van der Waals surface area contributed by atoms with Crippen LogP contribution in [0.5, 0.6) is 0 Å². The van der Waals surface area contributed by atoms with E-state index in [0.29, 0.717) is 11.3 Å². The Morgan fingerprint density at radius 3 is 2.39 bits per heavy atom. The normalized spacial score (nSPS) is 12.2. The van der Waals surface area contributed by atoms with Crippen molar-refractivity contribution in [3.05, 3.63) is 65.5 Å². The molecule has 1 aromatic heterocycles. The summed E-state index contributed by atoms with van der Waals surface area (Å²) in [6, 6.07) is 9.55. The molecule has 5 heteroatoms. The topological polar surface area (TPSA) is 30.0 Å². The maximum Gasteiger partial charge on any atom is 0.213 e.